The van der Waals surface area contributed by atoms with Gasteiger partial charge in [0.25, 0.3) is 5.56 Å². The number of aromatic nitrogens is 3. The average Bonchev–Trinajstić information content (AvgIpc) is 2.98. The molecule has 0 aromatic carbocycles. The summed E-state index contributed by atoms with van der Waals surface area (Å²) >= 11 is 3.39. The van der Waals surface area contributed by atoms with Crippen LogP contribution in [-0.4, -0.2) is 15.0 Å². The Balaban J connectivity index is 1.94. The molecule has 2 heterocycles. The third-order valence-electron chi connectivity index (χ3n) is 3.75. The SMILES string of the molecule is O=c1[nH]c(Cc2ccccn2)nc(C2CCCC2)c1Br. The first-order valence-electron chi connectivity index (χ1n) is 6.92. The molecule has 1 aliphatic rings. The monoisotopic (exact) mass is 333 g/mol. The van der Waals surface area contributed by atoms with Crippen molar-refractivity contribution in [2.24, 2.45) is 0 Å². The highest BCUT2D eigenvalue weighted by Gasteiger charge is 2.23. The number of rotatable bonds is 3. The highest BCUT2D eigenvalue weighted by molar-refractivity contribution is 9.10. The lowest BCUT2D eigenvalue weighted by molar-refractivity contribution is 0.676. The van der Waals surface area contributed by atoms with E-state index in [1.165, 1.54) is 12.8 Å². The van der Waals surface area contributed by atoms with Gasteiger partial charge in [0.15, 0.2) is 0 Å². The third-order valence-corrected chi connectivity index (χ3v) is 4.52. The maximum absolute atomic E-state index is 12.0. The summed E-state index contributed by atoms with van der Waals surface area (Å²) in [6.45, 7) is 0. The largest absolute Gasteiger partial charge is 0.309 e. The fourth-order valence-electron chi connectivity index (χ4n) is 2.75. The van der Waals surface area contributed by atoms with E-state index in [-0.39, 0.29) is 5.56 Å². The van der Waals surface area contributed by atoms with Gasteiger partial charge in [-0.2, -0.15) is 0 Å². The van der Waals surface area contributed by atoms with E-state index < -0.39 is 0 Å². The second-order valence-electron chi connectivity index (χ2n) is 5.19. The number of nitrogens with one attached hydrogen (secondary N) is 1. The minimum atomic E-state index is -0.0900. The highest BCUT2D eigenvalue weighted by Crippen LogP contribution is 2.35. The standard InChI is InChI=1S/C15H16BrN3O/c16-13-14(10-5-1-2-6-10)18-12(19-15(13)20)9-11-7-3-4-8-17-11/h3-4,7-8,10H,1-2,5-6,9H2,(H,18,19,20). The molecule has 1 aliphatic carbocycles. The predicted octanol–water partition coefficient (Wildman–Crippen LogP) is 3.18. The smallest absolute Gasteiger partial charge is 0.265 e. The van der Waals surface area contributed by atoms with Gasteiger partial charge in [0.05, 0.1) is 5.69 Å². The van der Waals surface area contributed by atoms with E-state index in [0.29, 0.717) is 22.6 Å². The van der Waals surface area contributed by atoms with Crippen LogP contribution in [0.4, 0.5) is 0 Å². The molecule has 0 radical (unpaired) electrons. The van der Waals surface area contributed by atoms with Gasteiger partial charge in [0.2, 0.25) is 0 Å². The lowest BCUT2D eigenvalue weighted by Crippen LogP contribution is -2.17. The average molecular weight is 334 g/mol. The number of hydrogen-bond donors (Lipinski definition) is 1. The van der Waals surface area contributed by atoms with Crippen molar-refractivity contribution in [3.63, 3.8) is 0 Å². The molecule has 4 nitrogen and oxygen atoms in total. The molecule has 0 unspecified atom stereocenters. The van der Waals surface area contributed by atoms with E-state index in [4.69, 9.17) is 0 Å². The van der Waals surface area contributed by atoms with Crippen LogP contribution in [0, 0.1) is 0 Å². The summed E-state index contributed by atoms with van der Waals surface area (Å²) in [5.74, 6) is 1.10. The van der Waals surface area contributed by atoms with Gasteiger partial charge in [-0.15, -0.1) is 0 Å². The molecule has 0 saturated heterocycles. The van der Waals surface area contributed by atoms with Crippen LogP contribution in [0.3, 0.4) is 0 Å². The van der Waals surface area contributed by atoms with Crippen LogP contribution in [0.15, 0.2) is 33.7 Å². The summed E-state index contributed by atoms with van der Waals surface area (Å²) in [6.07, 6.45) is 7.01. The zero-order valence-corrected chi connectivity index (χ0v) is 12.7. The molecule has 0 spiro atoms. The van der Waals surface area contributed by atoms with Crippen LogP contribution < -0.4 is 5.56 Å². The zero-order chi connectivity index (χ0) is 13.9. The van der Waals surface area contributed by atoms with E-state index in [1.54, 1.807) is 6.20 Å². The van der Waals surface area contributed by atoms with Crippen molar-refractivity contribution < 1.29 is 0 Å². The highest BCUT2D eigenvalue weighted by atomic mass is 79.9. The fourth-order valence-corrected chi connectivity index (χ4v) is 3.26. The Hall–Kier alpha value is -1.49. The van der Waals surface area contributed by atoms with E-state index in [2.05, 4.69) is 30.9 Å². The summed E-state index contributed by atoms with van der Waals surface area (Å²) in [5, 5.41) is 0. The third kappa shape index (κ3) is 2.82. The second kappa shape index (κ2) is 5.87. The molecule has 1 saturated carbocycles. The predicted molar refractivity (Wildman–Crippen MR) is 80.8 cm³/mol. The Morgan fingerprint density at radius 3 is 2.80 bits per heavy atom. The van der Waals surface area contributed by atoms with Crippen LogP contribution in [-0.2, 0) is 6.42 Å². The number of H-pyrrole nitrogens is 1. The van der Waals surface area contributed by atoms with Crippen molar-refractivity contribution in [1.82, 2.24) is 15.0 Å². The van der Waals surface area contributed by atoms with Gasteiger partial charge in [-0.3, -0.25) is 9.78 Å². The Labute approximate surface area is 125 Å². The molecule has 2 aromatic heterocycles. The first-order valence-corrected chi connectivity index (χ1v) is 7.72. The molecule has 1 N–H and O–H groups in total. The number of halogens is 1. The van der Waals surface area contributed by atoms with Gasteiger partial charge in [0.1, 0.15) is 10.3 Å². The molecule has 1 fully saturated rings. The van der Waals surface area contributed by atoms with Crippen LogP contribution in [0.5, 0.6) is 0 Å². The molecule has 0 atom stereocenters. The van der Waals surface area contributed by atoms with Crippen molar-refractivity contribution >= 4 is 15.9 Å². The Morgan fingerprint density at radius 2 is 2.10 bits per heavy atom. The molecule has 0 amide bonds. The fraction of sp³-hybridized carbons (Fsp3) is 0.400. The Morgan fingerprint density at radius 1 is 1.30 bits per heavy atom. The van der Waals surface area contributed by atoms with Gasteiger partial charge in [-0.1, -0.05) is 18.9 Å². The molecule has 0 aliphatic heterocycles. The minimum Gasteiger partial charge on any atom is -0.309 e. The summed E-state index contributed by atoms with van der Waals surface area (Å²) in [5.41, 5.74) is 1.74. The summed E-state index contributed by atoms with van der Waals surface area (Å²) in [6, 6.07) is 5.76. The summed E-state index contributed by atoms with van der Waals surface area (Å²) in [7, 11) is 0. The van der Waals surface area contributed by atoms with Crippen molar-refractivity contribution in [2.45, 2.75) is 38.0 Å². The number of aromatic amines is 1. The lowest BCUT2D eigenvalue weighted by Gasteiger charge is -2.12. The molecule has 20 heavy (non-hydrogen) atoms. The number of pyridine rings is 1. The Kier molecular flexibility index (Phi) is 3.96. The molecular formula is C15H16BrN3O. The number of hydrogen-bond acceptors (Lipinski definition) is 3. The molecule has 5 heteroatoms. The van der Waals surface area contributed by atoms with Gasteiger partial charge >= 0.3 is 0 Å². The van der Waals surface area contributed by atoms with Crippen molar-refractivity contribution in [2.75, 3.05) is 0 Å². The minimum absolute atomic E-state index is 0.0900. The molecule has 0 bridgehead atoms. The van der Waals surface area contributed by atoms with Crippen LogP contribution in [0.1, 0.15) is 48.8 Å². The summed E-state index contributed by atoms with van der Waals surface area (Å²) in [4.78, 5) is 23.8. The quantitative estimate of drug-likeness (QED) is 0.938. The lowest BCUT2D eigenvalue weighted by atomic mass is 10.0. The second-order valence-corrected chi connectivity index (χ2v) is 5.98. The normalized spacial score (nSPS) is 15.7. The van der Waals surface area contributed by atoms with Crippen molar-refractivity contribution in [1.29, 1.82) is 0 Å². The maximum Gasteiger partial charge on any atom is 0.265 e. The zero-order valence-electron chi connectivity index (χ0n) is 11.1. The van der Waals surface area contributed by atoms with Crippen molar-refractivity contribution in [3.8, 4) is 0 Å². The molecular weight excluding hydrogens is 318 g/mol. The van der Waals surface area contributed by atoms with Crippen LogP contribution in [0.25, 0.3) is 0 Å². The number of nitrogens with zero attached hydrogens (tertiary/aromatic N) is 2. The van der Waals surface area contributed by atoms with E-state index >= 15 is 0 Å². The Bertz CT molecular complexity index is 648. The van der Waals surface area contributed by atoms with Crippen LogP contribution >= 0.6 is 15.9 Å². The van der Waals surface area contributed by atoms with E-state index in [9.17, 15) is 4.79 Å². The van der Waals surface area contributed by atoms with Crippen LogP contribution in [0.2, 0.25) is 0 Å². The maximum atomic E-state index is 12.0. The molecule has 3 rings (SSSR count). The van der Waals surface area contributed by atoms with Gasteiger partial charge in [0, 0.05) is 24.2 Å². The van der Waals surface area contributed by atoms with Crippen molar-refractivity contribution in [3.05, 3.63) is 56.4 Å². The summed E-state index contributed by atoms with van der Waals surface area (Å²) < 4.78 is 0.592. The molecule has 2 aromatic rings. The van der Waals surface area contributed by atoms with E-state index in [0.717, 1.165) is 24.2 Å². The first kappa shape index (κ1) is 13.5. The topological polar surface area (TPSA) is 58.6 Å². The molecule has 104 valence electrons. The van der Waals surface area contributed by atoms with E-state index in [1.807, 2.05) is 18.2 Å². The van der Waals surface area contributed by atoms with Gasteiger partial charge in [-0.05, 0) is 40.9 Å². The van der Waals surface area contributed by atoms with Gasteiger partial charge in [-0.25, -0.2) is 4.98 Å². The van der Waals surface area contributed by atoms with Gasteiger partial charge < -0.3 is 4.98 Å². The first-order chi connectivity index (χ1) is 9.74.